The minimum absolute atomic E-state index is 0.0876. The maximum atomic E-state index is 11.1. The number of likely N-dealkylation sites (N-methyl/N-ethyl adjacent to an activating group) is 1. The molecule has 1 amide bonds. The van der Waals surface area contributed by atoms with Crippen molar-refractivity contribution in [3.63, 3.8) is 0 Å². The van der Waals surface area contributed by atoms with Gasteiger partial charge in [0.1, 0.15) is 5.60 Å². The zero-order valence-electron chi connectivity index (χ0n) is 9.24. The topological polar surface area (TPSA) is 62.2 Å². The second-order valence-corrected chi connectivity index (χ2v) is 3.92. The zero-order valence-corrected chi connectivity index (χ0v) is 9.24. The van der Waals surface area contributed by atoms with Crippen molar-refractivity contribution in [3.05, 3.63) is 29.6 Å². The molecule has 15 heavy (non-hydrogen) atoms. The highest BCUT2D eigenvalue weighted by atomic mass is 16.3. The maximum Gasteiger partial charge on any atom is 0.225 e. The number of hydrogen-bond acceptors (Lipinski definition) is 3. The van der Waals surface area contributed by atoms with Gasteiger partial charge >= 0.3 is 0 Å². The van der Waals surface area contributed by atoms with Crippen LogP contribution in [0.1, 0.15) is 25.2 Å². The number of aromatic nitrogens is 1. The molecule has 0 bridgehead atoms. The van der Waals surface area contributed by atoms with Gasteiger partial charge in [0.25, 0.3) is 0 Å². The maximum absolute atomic E-state index is 11.1. The molecule has 0 aromatic carbocycles. The first kappa shape index (κ1) is 11.7. The van der Waals surface area contributed by atoms with Crippen LogP contribution in [-0.2, 0) is 16.8 Å². The number of hydrogen-bond donors (Lipinski definition) is 2. The number of carbonyl (C=O) groups excluding carboxylic acids is 1. The van der Waals surface area contributed by atoms with Gasteiger partial charge in [0.15, 0.2) is 0 Å². The van der Waals surface area contributed by atoms with Crippen LogP contribution in [0.15, 0.2) is 18.2 Å². The summed E-state index contributed by atoms with van der Waals surface area (Å²) in [6.45, 7) is 3.33. The van der Waals surface area contributed by atoms with Crippen LogP contribution in [0, 0.1) is 0 Å². The van der Waals surface area contributed by atoms with Crippen LogP contribution < -0.4 is 5.32 Å². The molecule has 0 aliphatic carbocycles. The van der Waals surface area contributed by atoms with Gasteiger partial charge in [-0.15, -0.1) is 0 Å². The van der Waals surface area contributed by atoms with Gasteiger partial charge in [0.05, 0.1) is 17.8 Å². The lowest BCUT2D eigenvalue weighted by atomic mass is 10.0. The third kappa shape index (κ3) is 3.32. The van der Waals surface area contributed by atoms with Gasteiger partial charge in [0.2, 0.25) is 5.91 Å². The van der Waals surface area contributed by atoms with Crippen LogP contribution in [0.3, 0.4) is 0 Å². The smallest absolute Gasteiger partial charge is 0.225 e. The summed E-state index contributed by atoms with van der Waals surface area (Å²) in [5, 5.41) is 12.3. The zero-order chi connectivity index (χ0) is 11.5. The Balaban J connectivity index is 2.88. The van der Waals surface area contributed by atoms with E-state index in [1.165, 1.54) is 0 Å². The highest BCUT2D eigenvalue weighted by molar-refractivity contribution is 5.77. The second kappa shape index (κ2) is 4.40. The molecule has 4 heteroatoms. The molecule has 2 N–H and O–H groups in total. The van der Waals surface area contributed by atoms with E-state index in [4.69, 9.17) is 0 Å². The molecule has 1 aromatic rings. The van der Waals surface area contributed by atoms with Crippen LogP contribution in [-0.4, -0.2) is 23.0 Å². The van der Waals surface area contributed by atoms with Gasteiger partial charge in [-0.25, -0.2) is 0 Å². The fraction of sp³-hybridized carbons (Fsp3) is 0.455. The largest absolute Gasteiger partial charge is 0.384 e. The van der Waals surface area contributed by atoms with Crippen molar-refractivity contribution < 1.29 is 9.90 Å². The van der Waals surface area contributed by atoms with Gasteiger partial charge < -0.3 is 10.4 Å². The summed E-state index contributed by atoms with van der Waals surface area (Å²) in [4.78, 5) is 15.3. The van der Waals surface area contributed by atoms with Crippen molar-refractivity contribution in [3.8, 4) is 0 Å². The van der Waals surface area contributed by atoms with Crippen LogP contribution in [0.4, 0.5) is 0 Å². The molecule has 1 aromatic heterocycles. The molecule has 0 atom stereocenters. The normalized spacial score (nSPS) is 11.2. The predicted octanol–water partition coefficient (Wildman–Crippen LogP) is 0.597. The van der Waals surface area contributed by atoms with Crippen LogP contribution in [0.2, 0.25) is 0 Å². The number of carbonyl (C=O) groups is 1. The summed E-state index contributed by atoms with van der Waals surface area (Å²) >= 11 is 0. The Morgan fingerprint density at radius 1 is 1.53 bits per heavy atom. The average molecular weight is 208 g/mol. The lowest BCUT2D eigenvalue weighted by molar-refractivity contribution is -0.120. The van der Waals surface area contributed by atoms with E-state index in [1.807, 2.05) is 0 Å². The highest BCUT2D eigenvalue weighted by Gasteiger charge is 2.17. The van der Waals surface area contributed by atoms with Crippen molar-refractivity contribution in [2.75, 3.05) is 7.05 Å². The van der Waals surface area contributed by atoms with Crippen molar-refractivity contribution in [2.24, 2.45) is 0 Å². The van der Waals surface area contributed by atoms with E-state index in [-0.39, 0.29) is 12.3 Å². The first-order valence-corrected chi connectivity index (χ1v) is 4.83. The summed E-state index contributed by atoms with van der Waals surface area (Å²) < 4.78 is 0. The molecular weight excluding hydrogens is 192 g/mol. The second-order valence-electron chi connectivity index (χ2n) is 3.92. The number of rotatable bonds is 3. The average Bonchev–Trinajstić information content (AvgIpc) is 2.17. The summed E-state index contributed by atoms with van der Waals surface area (Å²) in [7, 11) is 1.59. The van der Waals surface area contributed by atoms with E-state index < -0.39 is 5.60 Å². The highest BCUT2D eigenvalue weighted by Crippen LogP contribution is 2.17. The Morgan fingerprint density at radius 2 is 2.20 bits per heavy atom. The van der Waals surface area contributed by atoms with E-state index in [9.17, 15) is 9.90 Å². The summed E-state index contributed by atoms with van der Waals surface area (Å²) in [5.41, 5.74) is 0.261. The molecule has 0 radical (unpaired) electrons. The lowest BCUT2D eigenvalue weighted by Gasteiger charge is -2.16. The molecule has 1 heterocycles. The molecule has 0 aliphatic rings. The fourth-order valence-electron chi connectivity index (χ4n) is 1.17. The van der Waals surface area contributed by atoms with Crippen molar-refractivity contribution in [1.29, 1.82) is 0 Å². The van der Waals surface area contributed by atoms with E-state index >= 15 is 0 Å². The Kier molecular flexibility index (Phi) is 3.42. The fourth-order valence-corrected chi connectivity index (χ4v) is 1.17. The lowest BCUT2D eigenvalue weighted by Crippen LogP contribution is -2.22. The summed E-state index contributed by atoms with van der Waals surface area (Å²) in [6.07, 6.45) is 0.237. The van der Waals surface area contributed by atoms with E-state index in [0.717, 1.165) is 0 Å². The minimum Gasteiger partial charge on any atom is -0.384 e. The van der Waals surface area contributed by atoms with Crippen LogP contribution in [0.25, 0.3) is 0 Å². The van der Waals surface area contributed by atoms with Gasteiger partial charge in [0, 0.05) is 7.05 Å². The SMILES string of the molecule is CNC(=O)Cc1cccc(C(C)(C)O)n1. The first-order valence-electron chi connectivity index (χ1n) is 4.83. The third-order valence-corrected chi connectivity index (χ3v) is 2.05. The standard InChI is InChI=1S/C11H16N2O2/c1-11(2,15)9-6-4-5-8(13-9)7-10(14)12-3/h4-6,15H,7H2,1-3H3,(H,12,14). The molecule has 0 unspecified atom stereocenters. The Morgan fingerprint density at radius 3 is 2.73 bits per heavy atom. The Bertz CT molecular complexity index is 356. The molecule has 0 fully saturated rings. The molecule has 0 spiro atoms. The molecule has 0 saturated heterocycles. The van der Waals surface area contributed by atoms with Gasteiger partial charge in [-0.05, 0) is 26.0 Å². The van der Waals surface area contributed by atoms with Crippen LogP contribution >= 0.6 is 0 Å². The van der Waals surface area contributed by atoms with Crippen molar-refractivity contribution >= 4 is 5.91 Å². The minimum atomic E-state index is -0.974. The molecule has 0 saturated carbocycles. The van der Waals surface area contributed by atoms with Gasteiger partial charge in [-0.2, -0.15) is 0 Å². The van der Waals surface area contributed by atoms with Crippen molar-refractivity contribution in [2.45, 2.75) is 25.9 Å². The first-order chi connectivity index (χ1) is 6.93. The monoisotopic (exact) mass is 208 g/mol. The predicted molar refractivity (Wildman–Crippen MR) is 57.3 cm³/mol. The Hall–Kier alpha value is -1.42. The molecule has 4 nitrogen and oxygen atoms in total. The molecular formula is C11H16N2O2. The molecule has 82 valence electrons. The summed E-state index contributed by atoms with van der Waals surface area (Å²) in [5.74, 6) is -0.0876. The number of amides is 1. The summed E-state index contributed by atoms with van der Waals surface area (Å²) in [6, 6.07) is 5.30. The molecule has 1 rings (SSSR count). The Labute approximate surface area is 89.3 Å². The quantitative estimate of drug-likeness (QED) is 0.764. The number of pyridine rings is 1. The van der Waals surface area contributed by atoms with E-state index in [2.05, 4.69) is 10.3 Å². The van der Waals surface area contributed by atoms with Gasteiger partial charge in [-0.1, -0.05) is 6.07 Å². The van der Waals surface area contributed by atoms with E-state index in [1.54, 1.807) is 39.1 Å². The van der Waals surface area contributed by atoms with Gasteiger partial charge in [-0.3, -0.25) is 9.78 Å². The van der Waals surface area contributed by atoms with E-state index in [0.29, 0.717) is 11.4 Å². The molecule has 0 aliphatic heterocycles. The number of nitrogens with one attached hydrogen (secondary N) is 1. The number of aliphatic hydroxyl groups is 1. The number of nitrogens with zero attached hydrogens (tertiary/aromatic N) is 1. The third-order valence-electron chi connectivity index (χ3n) is 2.05. The van der Waals surface area contributed by atoms with Crippen LogP contribution in [0.5, 0.6) is 0 Å². The van der Waals surface area contributed by atoms with Crippen molar-refractivity contribution in [1.82, 2.24) is 10.3 Å².